The van der Waals surface area contributed by atoms with Crippen molar-refractivity contribution >= 4 is 5.65 Å². The molecule has 18 heavy (non-hydrogen) atoms. The van der Waals surface area contributed by atoms with Gasteiger partial charge in [-0.15, -0.1) is 0 Å². The summed E-state index contributed by atoms with van der Waals surface area (Å²) in [7, 11) is 1.96. The first-order valence-electron chi connectivity index (χ1n) is 6.13. The Kier molecular flexibility index (Phi) is 2.44. The Balaban J connectivity index is 2.29. The molecule has 0 bridgehead atoms. The van der Waals surface area contributed by atoms with Crippen molar-refractivity contribution in [3.63, 3.8) is 0 Å². The first-order chi connectivity index (χ1) is 8.66. The molecule has 4 nitrogen and oxygen atoms in total. The van der Waals surface area contributed by atoms with E-state index in [2.05, 4.69) is 40.6 Å². The predicted octanol–water partition coefficient (Wildman–Crippen LogP) is 2.86. The molecule has 3 aromatic heterocycles. The van der Waals surface area contributed by atoms with E-state index in [1.807, 2.05) is 36.3 Å². The zero-order valence-electron chi connectivity index (χ0n) is 10.8. The molecule has 0 saturated heterocycles. The minimum absolute atomic E-state index is 0.403. The molecule has 4 heteroatoms. The average Bonchev–Trinajstić information content (AvgIpc) is 2.94. The highest BCUT2D eigenvalue weighted by atomic mass is 15.3. The monoisotopic (exact) mass is 240 g/mol. The van der Waals surface area contributed by atoms with Gasteiger partial charge in [0.05, 0.1) is 11.4 Å². The van der Waals surface area contributed by atoms with Gasteiger partial charge in [-0.3, -0.25) is 9.08 Å². The standard InChI is InChI=1S/C14H16N4/c1-10(2)14-11(9-17(3)16-14)12-5-4-6-13-15-7-8-18(12)13/h4-10H,1-3H3. The van der Waals surface area contributed by atoms with Crippen molar-refractivity contribution in [2.24, 2.45) is 7.05 Å². The number of aromatic nitrogens is 4. The molecule has 0 spiro atoms. The zero-order valence-corrected chi connectivity index (χ0v) is 10.8. The Labute approximate surface area is 106 Å². The van der Waals surface area contributed by atoms with Crippen LogP contribution >= 0.6 is 0 Å². The summed E-state index contributed by atoms with van der Waals surface area (Å²) in [6.07, 6.45) is 5.89. The van der Waals surface area contributed by atoms with Crippen molar-refractivity contribution in [3.8, 4) is 11.3 Å². The van der Waals surface area contributed by atoms with Crippen molar-refractivity contribution in [1.82, 2.24) is 19.2 Å². The van der Waals surface area contributed by atoms with Crippen LogP contribution in [0.5, 0.6) is 0 Å². The molecule has 0 aliphatic rings. The lowest BCUT2D eigenvalue weighted by Crippen LogP contribution is -1.96. The first kappa shape index (κ1) is 11.0. The molecule has 3 heterocycles. The Morgan fingerprint density at radius 1 is 1.22 bits per heavy atom. The van der Waals surface area contributed by atoms with E-state index >= 15 is 0 Å². The molecule has 92 valence electrons. The Bertz CT molecular complexity index is 691. The third-order valence-electron chi connectivity index (χ3n) is 3.11. The van der Waals surface area contributed by atoms with Gasteiger partial charge in [0.25, 0.3) is 0 Å². The van der Waals surface area contributed by atoms with Crippen molar-refractivity contribution in [3.05, 3.63) is 42.5 Å². The number of pyridine rings is 1. The minimum atomic E-state index is 0.403. The molecule has 0 fully saturated rings. The van der Waals surface area contributed by atoms with Crippen LogP contribution in [0.15, 0.2) is 36.8 Å². The molecule has 0 atom stereocenters. The highest BCUT2D eigenvalue weighted by molar-refractivity contribution is 5.65. The molecule has 0 aliphatic carbocycles. The zero-order chi connectivity index (χ0) is 12.7. The van der Waals surface area contributed by atoms with E-state index in [9.17, 15) is 0 Å². The van der Waals surface area contributed by atoms with Crippen LogP contribution in [0.3, 0.4) is 0 Å². The van der Waals surface area contributed by atoms with E-state index in [1.165, 1.54) is 5.56 Å². The highest BCUT2D eigenvalue weighted by Gasteiger charge is 2.15. The van der Waals surface area contributed by atoms with E-state index in [0.29, 0.717) is 5.92 Å². The normalized spacial score (nSPS) is 11.6. The van der Waals surface area contributed by atoms with Gasteiger partial charge in [-0.1, -0.05) is 19.9 Å². The summed E-state index contributed by atoms with van der Waals surface area (Å²) >= 11 is 0. The lowest BCUT2D eigenvalue weighted by molar-refractivity contribution is 0.713. The van der Waals surface area contributed by atoms with Crippen LogP contribution in [0.25, 0.3) is 16.9 Å². The molecule has 0 aliphatic heterocycles. The average molecular weight is 240 g/mol. The van der Waals surface area contributed by atoms with E-state index < -0.39 is 0 Å². The maximum atomic E-state index is 4.56. The van der Waals surface area contributed by atoms with Gasteiger partial charge in [0, 0.05) is 31.2 Å². The number of hydrogen-bond acceptors (Lipinski definition) is 2. The summed E-state index contributed by atoms with van der Waals surface area (Å²) in [6, 6.07) is 6.15. The fourth-order valence-electron chi connectivity index (χ4n) is 2.30. The lowest BCUT2D eigenvalue weighted by Gasteiger charge is -2.07. The predicted molar refractivity (Wildman–Crippen MR) is 71.5 cm³/mol. The van der Waals surface area contributed by atoms with E-state index in [1.54, 1.807) is 0 Å². The van der Waals surface area contributed by atoms with Crippen molar-refractivity contribution < 1.29 is 0 Å². The SMILES string of the molecule is CC(C)c1nn(C)cc1-c1cccc2nccn12. The number of aryl methyl sites for hydroxylation is 1. The summed E-state index contributed by atoms with van der Waals surface area (Å²) in [5.41, 5.74) is 4.41. The summed E-state index contributed by atoms with van der Waals surface area (Å²) < 4.78 is 3.98. The Morgan fingerprint density at radius 3 is 2.83 bits per heavy atom. The molecule has 3 aromatic rings. The van der Waals surface area contributed by atoms with Crippen molar-refractivity contribution in [2.45, 2.75) is 19.8 Å². The number of nitrogens with zero attached hydrogens (tertiary/aromatic N) is 4. The highest BCUT2D eigenvalue weighted by Crippen LogP contribution is 2.28. The van der Waals surface area contributed by atoms with Crippen LogP contribution in [0.4, 0.5) is 0 Å². The van der Waals surface area contributed by atoms with Gasteiger partial charge in [-0.25, -0.2) is 4.98 Å². The fourth-order valence-corrected chi connectivity index (χ4v) is 2.30. The summed E-state index contributed by atoms with van der Waals surface area (Å²) in [6.45, 7) is 4.33. The van der Waals surface area contributed by atoms with Crippen LogP contribution < -0.4 is 0 Å². The second-order valence-corrected chi connectivity index (χ2v) is 4.82. The second-order valence-electron chi connectivity index (χ2n) is 4.82. The van der Waals surface area contributed by atoms with Crippen LogP contribution in [0.1, 0.15) is 25.5 Å². The first-order valence-corrected chi connectivity index (χ1v) is 6.13. The van der Waals surface area contributed by atoms with Gasteiger partial charge in [-0.05, 0) is 18.1 Å². The minimum Gasteiger partial charge on any atom is -0.300 e. The molecule has 3 rings (SSSR count). The smallest absolute Gasteiger partial charge is 0.137 e. The number of imidazole rings is 1. The number of fused-ring (bicyclic) bond motifs is 1. The van der Waals surface area contributed by atoms with Crippen LogP contribution in [-0.4, -0.2) is 19.2 Å². The van der Waals surface area contributed by atoms with Gasteiger partial charge < -0.3 is 0 Å². The molecule has 0 saturated carbocycles. The van der Waals surface area contributed by atoms with Crippen LogP contribution in [-0.2, 0) is 7.05 Å². The fraction of sp³-hybridized carbons (Fsp3) is 0.286. The molecule has 0 aromatic carbocycles. The van der Waals surface area contributed by atoms with Crippen molar-refractivity contribution in [1.29, 1.82) is 0 Å². The quantitative estimate of drug-likeness (QED) is 0.690. The second kappa shape index (κ2) is 3.98. The van der Waals surface area contributed by atoms with Gasteiger partial charge >= 0.3 is 0 Å². The Morgan fingerprint density at radius 2 is 2.06 bits per heavy atom. The van der Waals surface area contributed by atoms with Crippen molar-refractivity contribution in [2.75, 3.05) is 0 Å². The molecule has 0 radical (unpaired) electrons. The van der Waals surface area contributed by atoms with E-state index in [-0.39, 0.29) is 0 Å². The van der Waals surface area contributed by atoms with Crippen LogP contribution in [0, 0.1) is 0 Å². The molecular formula is C14H16N4. The van der Waals surface area contributed by atoms with Crippen LogP contribution in [0.2, 0.25) is 0 Å². The maximum absolute atomic E-state index is 4.56. The summed E-state index contributed by atoms with van der Waals surface area (Å²) in [5.74, 6) is 0.403. The Hall–Kier alpha value is -2.10. The summed E-state index contributed by atoms with van der Waals surface area (Å²) in [4.78, 5) is 4.32. The topological polar surface area (TPSA) is 35.1 Å². The third-order valence-corrected chi connectivity index (χ3v) is 3.11. The van der Waals surface area contributed by atoms with Gasteiger partial charge in [-0.2, -0.15) is 5.10 Å². The van der Waals surface area contributed by atoms with E-state index in [4.69, 9.17) is 0 Å². The number of hydrogen-bond donors (Lipinski definition) is 0. The van der Waals surface area contributed by atoms with Gasteiger partial charge in [0.1, 0.15) is 5.65 Å². The van der Waals surface area contributed by atoms with Gasteiger partial charge in [0.2, 0.25) is 0 Å². The van der Waals surface area contributed by atoms with Gasteiger partial charge in [0.15, 0.2) is 0 Å². The largest absolute Gasteiger partial charge is 0.300 e. The molecular weight excluding hydrogens is 224 g/mol. The molecule has 0 N–H and O–H groups in total. The molecule has 0 amide bonds. The summed E-state index contributed by atoms with van der Waals surface area (Å²) in [5, 5.41) is 4.56. The molecule has 0 unspecified atom stereocenters. The lowest BCUT2D eigenvalue weighted by atomic mass is 10.0. The third kappa shape index (κ3) is 1.61. The van der Waals surface area contributed by atoms with E-state index in [0.717, 1.165) is 17.0 Å². The maximum Gasteiger partial charge on any atom is 0.137 e. The number of rotatable bonds is 2.